The van der Waals surface area contributed by atoms with Crippen molar-refractivity contribution in [3.63, 3.8) is 0 Å². The number of carbonyl (C=O) groups is 1. The lowest BCUT2D eigenvalue weighted by atomic mass is 10.1. The number of halogens is 1. The summed E-state index contributed by atoms with van der Waals surface area (Å²) in [5.74, 6) is 7.05. The minimum Gasteiger partial charge on any atom is -0.465 e. The lowest BCUT2D eigenvalue weighted by molar-refractivity contribution is -0.746. The summed E-state index contributed by atoms with van der Waals surface area (Å²) < 4.78 is 0.551. The Bertz CT molecular complexity index is 599. The number of nitrogens with zero attached hydrogens (tertiary/aromatic N) is 4. The van der Waals surface area contributed by atoms with Crippen LogP contribution in [0.4, 0.5) is 4.79 Å². The van der Waals surface area contributed by atoms with Crippen molar-refractivity contribution in [3.8, 4) is 0 Å². The molecule has 4 N–H and O–H groups in total. The molecule has 0 radical (unpaired) electrons. The molecule has 0 aliphatic carbocycles. The molecule has 3 heterocycles. The van der Waals surface area contributed by atoms with Crippen molar-refractivity contribution in [2.45, 2.75) is 18.9 Å². The van der Waals surface area contributed by atoms with E-state index in [1.54, 1.807) is 18.6 Å². The van der Waals surface area contributed by atoms with Gasteiger partial charge in [-0.3, -0.25) is 4.99 Å². The number of likely N-dealkylation sites (tertiary alicyclic amines) is 1. The van der Waals surface area contributed by atoms with Crippen molar-refractivity contribution in [3.05, 3.63) is 23.9 Å². The quantitative estimate of drug-likeness (QED) is 0.389. The number of fused-ring (bicyclic) bond motifs is 1. The Morgan fingerprint density at radius 2 is 2.43 bits per heavy atom. The van der Waals surface area contributed by atoms with Crippen molar-refractivity contribution >= 4 is 33.0 Å². The SMILES string of the molecule is N[N+]12C=CN=CC1=C(N1CCCC(NC(=O)O)C1)N=C2Br. The van der Waals surface area contributed by atoms with Gasteiger partial charge < -0.3 is 15.3 Å². The second-order valence-electron chi connectivity index (χ2n) is 5.18. The number of hydrogen-bond donors (Lipinski definition) is 3. The van der Waals surface area contributed by atoms with Gasteiger partial charge in [-0.15, -0.1) is 4.59 Å². The molecule has 0 aromatic rings. The molecular formula is C12H16BrN6O2+. The molecule has 0 aromatic carbocycles. The van der Waals surface area contributed by atoms with Gasteiger partial charge in [-0.1, -0.05) is 0 Å². The predicted octanol–water partition coefficient (Wildman–Crippen LogP) is 0.898. The third-order valence-corrected chi connectivity index (χ3v) is 4.53. The number of rotatable bonds is 2. The number of aliphatic imine (C=N–C) groups is 2. The van der Waals surface area contributed by atoms with Crippen LogP contribution in [0.25, 0.3) is 0 Å². The molecule has 0 spiro atoms. The van der Waals surface area contributed by atoms with E-state index in [1.165, 1.54) is 0 Å². The van der Waals surface area contributed by atoms with E-state index in [9.17, 15) is 4.79 Å². The third kappa shape index (κ3) is 2.47. The molecule has 0 aromatic heterocycles. The molecule has 8 nitrogen and oxygen atoms in total. The Kier molecular flexibility index (Phi) is 3.56. The first-order valence-electron chi connectivity index (χ1n) is 6.63. The van der Waals surface area contributed by atoms with Gasteiger partial charge in [-0.25, -0.2) is 4.79 Å². The van der Waals surface area contributed by atoms with E-state index in [0.29, 0.717) is 11.3 Å². The highest BCUT2D eigenvalue weighted by molar-refractivity contribution is 9.18. The van der Waals surface area contributed by atoms with Crippen LogP contribution < -0.4 is 11.2 Å². The third-order valence-electron chi connectivity index (χ3n) is 3.76. The zero-order valence-electron chi connectivity index (χ0n) is 11.2. The zero-order chi connectivity index (χ0) is 15.0. The second-order valence-corrected chi connectivity index (χ2v) is 5.89. The molecule has 3 aliphatic rings. The molecule has 3 aliphatic heterocycles. The number of nitrogens with two attached hydrogens (primary N) is 1. The van der Waals surface area contributed by atoms with Crippen molar-refractivity contribution in [1.29, 1.82) is 0 Å². The van der Waals surface area contributed by atoms with E-state index in [2.05, 4.69) is 36.1 Å². The Morgan fingerprint density at radius 3 is 3.19 bits per heavy atom. The normalized spacial score (nSPS) is 31.2. The monoisotopic (exact) mass is 355 g/mol. The van der Waals surface area contributed by atoms with E-state index < -0.39 is 6.09 Å². The summed E-state index contributed by atoms with van der Waals surface area (Å²) >= 11 is 3.40. The topological polar surface area (TPSA) is 103 Å². The number of allylic oxidation sites excluding steroid dienone is 1. The summed E-state index contributed by atoms with van der Waals surface area (Å²) in [6.07, 6.45) is 5.79. The summed E-state index contributed by atoms with van der Waals surface area (Å²) in [7, 11) is 0. The van der Waals surface area contributed by atoms with Crippen LogP contribution >= 0.6 is 15.9 Å². The van der Waals surface area contributed by atoms with Crippen molar-refractivity contribution in [2.75, 3.05) is 13.1 Å². The molecule has 0 saturated carbocycles. The second kappa shape index (κ2) is 5.24. The maximum Gasteiger partial charge on any atom is 0.404 e. The average Bonchev–Trinajstić information content (AvgIpc) is 2.71. The predicted molar refractivity (Wildman–Crippen MR) is 81.2 cm³/mol. The number of amides is 1. The zero-order valence-corrected chi connectivity index (χ0v) is 12.8. The number of quaternary nitrogens is 1. The van der Waals surface area contributed by atoms with Crippen LogP contribution in [0.5, 0.6) is 0 Å². The molecule has 21 heavy (non-hydrogen) atoms. The van der Waals surface area contributed by atoms with Crippen LogP contribution in [0.15, 0.2) is 33.9 Å². The Hall–Kier alpha value is -1.71. The minimum absolute atomic E-state index is 0.0354. The highest BCUT2D eigenvalue weighted by Crippen LogP contribution is 2.33. The number of amidine groups is 1. The van der Waals surface area contributed by atoms with Gasteiger partial charge in [0.1, 0.15) is 6.20 Å². The van der Waals surface area contributed by atoms with Crippen LogP contribution in [0.1, 0.15) is 12.8 Å². The van der Waals surface area contributed by atoms with Crippen LogP contribution in [0, 0.1) is 0 Å². The number of hydrogen-bond acceptors (Lipinski definition) is 5. The molecular weight excluding hydrogens is 340 g/mol. The highest BCUT2D eigenvalue weighted by atomic mass is 79.9. The molecule has 2 atom stereocenters. The molecule has 9 heteroatoms. The summed E-state index contributed by atoms with van der Waals surface area (Å²) in [4.78, 5) is 21.5. The van der Waals surface area contributed by atoms with Gasteiger partial charge in [0.25, 0.3) is 0 Å². The van der Waals surface area contributed by atoms with E-state index in [0.717, 1.165) is 30.9 Å². The first-order valence-corrected chi connectivity index (χ1v) is 7.42. The minimum atomic E-state index is -0.998. The number of carboxylic acid groups (broad SMARTS) is 1. The molecule has 1 fully saturated rings. The van der Waals surface area contributed by atoms with Crippen LogP contribution in [0.3, 0.4) is 0 Å². The van der Waals surface area contributed by atoms with Crippen LogP contribution in [-0.2, 0) is 0 Å². The fourth-order valence-corrected chi connectivity index (χ4v) is 3.22. The maximum atomic E-state index is 10.8. The van der Waals surface area contributed by atoms with E-state index in [-0.39, 0.29) is 10.6 Å². The largest absolute Gasteiger partial charge is 0.465 e. The van der Waals surface area contributed by atoms with Gasteiger partial charge in [0.2, 0.25) is 11.5 Å². The lowest BCUT2D eigenvalue weighted by Crippen LogP contribution is -2.51. The molecule has 1 saturated heterocycles. The standard InChI is InChI=1S/C12H15BrN6O2/c13-11-17-10(9-6-15-3-5-19(9,11)14)18-4-1-2-8(7-18)16-12(20)21/h3,5-6,8,16H,1-2,4,7,14H2/p+1. The van der Waals surface area contributed by atoms with Gasteiger partial charge in [-0.2, -0.15) is 10.8 Å². The first kappa shape index (κ1) is 14.2. The number of nitrogens with one attached hydrogen (secondary N) is 1. The highest BCUT2D eigenvalue weighted by Gasteiger charge is 2.44. The van der Waals surface area contributed by atoms with Gasteiger partial charge in [-0.05, 0) is 12.8 Å². The van der Waals surface area contributed by atoms with Crippen LogP contribution in [0.2, 0.25) is 0 Å². The lowest BCUT2D eigenvalue weighted by Gasteiger charge is -2.33. The summed E-state index contributed by atoms with van der Waals surface area (Å²) in [5, 5.41) is 11.4. The summed E-state index contributed by atoms with van der Waals surface area (Å²) in [5.41, 5.74) is 0.778. The molecule has 2 unspecified atom stereocenters. The van der Waals surface area contributed by atoms with Gasteiger partial charge in [0, 0.05) is 35.1 Å². The number of piperidine rings is 1. The average molecular weight is 356 g/mol. The van der Waals surface area contributed by atoms with Gasteiger partial charge in [0.05, 0.1) is 12.4 Å². The van der Waals surface area contributed by atoms with Gasteiger partial charge in [0.15, 0.2) is 0 Å². The van der Waals surface area contributed by atoms with E-state index in [4.69, 9.17) is 10.9 Å². The molecule has 112 valence electrons. The maximum absolute atomic E-state index is 10.8. The smallest absolute Gasteiger partial charge is 0.404 e. The Balaban J connectivity index is 1.86. The molecule has 3 rings (SSSR count). The first-order chi connectivity index (χ1) is 10.0. The van der Waals surface area contributed by atoms with E-state index >= 15 is 0 Å². The van der Waals surface area contributed by atoms with Crippen LogP contribution in [-0.4, -0.2) is 50.8 Å². The van der Waals surface area contributed by atoms with Crippen molar-refractivity contribution < 1.29 is 14.5 Å². The van der Waals surface area contributed by atoms with Gasteiger partial charge >= 0.3 is 10.8 Å². The van der Waals surface area contributed by atoms with E-state index in [1.807, 2.05) is 0 Å². The summed E-state index contributed by atoms with van der Waals surface area (Å²) in [6, 6.07) is -0.102. The summed E-state index contributed by atoms with van der Waals surface area (Å²) in [6.45, 7) is 1.39. The Morgan fingerprint density at radius 1 is 1.62 bits per heavy atom. The van der Waals surface area contributed by atoms with Crippen molar-refractivity contribution in [1.82, 2.24) is 10.2 Å². The fourth-order valence-electron chi connectivity index (χ4n) is 2.74. The molecule has 1 amide bonds. The Labute approximate surface area is 130 Å². The fraction of sp³-hybridized carbons (Fsp3) is 0.417. The van der Waals surface area contributed by atoms with Crippen molar-refractivity contribution in [2.24, 2.45) is 15.8 Å². The molecule has 0 bridgehead atoms.